The lowest BCUT2D eigenvalue weighted by Crippen LogP contribution is -2.01. The third kappa shape index (κ3) is 6.14. The number of nitrogens with one attached hydrogen (secondary N) is 1. The third-order valence-electron chi connectivity index (χ3n) is 2.78. The summed E-state index contributed by atoms with van der Waals surface area (Å²) in [6.07, 6.45) is 1.92. The number of aliphatic hydroxyl groups excluding tert-OH is 1. The Morgan fingerprint density at radius 2 is 2.13 bits per heavy atom. The molecule has 23 heavy (non-hydrogen) atoms. The molecule has 0 fully saturated rings. The van der Waals surface area contributed by atoms with Gasteiger partial charge in [-0.05, 0) is 26.0 Å². The molecule has 126 valence electrons. The first-order valence-corrected chi connectivity index (χ1v) is 7.81. The number of halogens is 2. The molecule has 0 radical (unpaired) electrons. The summed E-state index contributed by atoms with van der Waals surface area (Å²) in [5, 5.41) is 14.5. The van der Waals surface area contributed by atoms with Gasteiger partial charge in [0.25, 0.3) is 0 Å². The molecule has 0 aliphatic carbocycles. The average molecular weight is 359 g/mol. The molecule has 0 amide bonds. The number of nitrogens with zero attached hydrogens (tertiary/aromatic N) is 1. The van der Waals surface area contributed by atoms with Crippen molar-refractivity contribution in [2.24, 2.45) is 0 Å². The van der Waals surface area contributed by atoms with Crippen LogP contribution in [0.1, 0.15) is 18.4 Å². The van der Waals surface area contributed by atoms with Crippen LogP contribution in [0.25, 0.3) is 0 Å². The second-order valence-corrected chi connectivity index (χ2v) is 5.12. The van der Waals surface area contributed by atoms with Crippen molar-refractivity contribution < 1.29 is 14.4 Å². The van der Waals surface area contributed by atoms with Crippen LogP contribution in [0.15, 0.2) is 40.6 Å². The highest BCUT2D eigenvalue weighted by molar-refractivity contribution is 6.32. The van der Waals surface area contributed by atoms with E-state index in [0.29, 0.717) is 22.4 Å². The second kappa shape index (κ2) is 10.2. The van der Waals surface area contributed by atoms with Crippen LogP contribution in [0, 0.1) is 6.92 Å². The van der Waals surface area contributed by atoms with Crippen LogP contribution in [0.3, 0.4) is 0 Å². The molecule has 2 N–H and O–H groups in total. The molecule has 0 aliphatic rings. The zero-order valence-electron chi connectivity index (χ0n) is 13.3. The lowest BCUT2D eigenvalue weighted by atomic mass is 10.3. The zero-order valence-corrected chi connectivity index (χ0v) is 14.8. The first-order valence-electron chi connectivity index (χ1n) is 6.90. The molecule has 2 rings (SSSR count). The topological polar surface area (TPSA) is 67.5 Å². The molecule has 7 heteroatoms. The summed E-state index contributed by atoms with van der Waals surface area (Å²) >= 11 is 12.0. The fourth-order valence-electron chi connectivity index (χ4n) is 1.69. The van der Waals surface area contributed by atoms with Crippen LogP contribution in [0.5, 0.6) is 5.75 Å². The number of aryl methyl sites for hydroxylation is 1. The summed E-state index contributed by atoms with van der Waals surface area (Å²) < 4.78 is 10.8. The van der Waals surface area contributed by atoms with Gasteiger partial charge in [0.15, 0.2) is 5.76 Å². The molecule has 0 unspecified atom stereocenters. The maximum atomic E-state index is 7.00. The van der Waals surface area contributed by atoms with Gasteiger partial charge in [0.1, 0.15) is 12.4 Å². The Kier molecular flexibility index (Phi) is 8.55. The van der Waals surface area contributed by atoms with Crippen LogP contribution in [-0.4, -0.2) is 23.3 Å². The largest absolute Gasteiger partial charge is 0.484 e. The summed E-state index contributed by atoms with van der Waals surface area (Å²) in [4.78, 5) is 0. The lowest BCUT2D eigenvalue weighted by Gasteiger charge is -2.11. The van der Waals surface area contributed by atoms with Gasteiger partial charge in [-0.1, -0.05) is 22.8 Å². The van der Waals surface area contributed by atoms with Crippen LogP contribution >= 0.6 is 23.2 Å². The first kappa shape index (κ1) is 19.4. The van der Waals surface area contributed by atoms with E-state index in [0.717, 1.165) is 24.2 Å². The number of aliphatic hydroxyl groups is 1. The highest BCUT2D eigenvalue weighted by Gasteiger charge is 2.07. The van der Waals surface area contributed by atoms with Gasteiger partial charge in [-0.3, -0.25) is 0 Å². The summed E-state index contributed by atoms with van der Waals surface area (Å²) in [6.45, 7) is 4.05. The van der Waals surface area contributed by atoms with Gasteiger partial charge in [0, 0.05) is 30.6 Å². The summed E-state index contributed by atoms with van der Waals surface area (Å²) in [6, 6.07) is 7.28. The van der Waals surface area contributed by atoms with E-state index < -0.39 is 0 Å². The number of anilines is 1. The van der Waals surface area contributed by atoms with E-state index in [9.17, 15) is 0 Å². The Morgan fingerprint density at radius 3 is 2.70 bits per heavy atom. The highest BCUT2D eigenvalue weighted by Crippen LogP contribution is 2.29. The smallest absolute Gasteiger partial charge is 0.174 e. The van der Waals surface area contributed by atoms with E-state index >= 15 is 0 Å². The SMILES string of the molecule is C/C=C(/CCl)Nc1ccc(Cl)c(OCc2cc(C)no2)c1.CO. The van der Waals surface area contributed by atoms with Crippen LogP contribution in [-0.2, 0) is 6.61 Å². The van der Waals surface area contributed by atoms with Gasteiger partial charge in [0.05, 0.1) is 16.6 Å². The van der Waals surface area contributed by atoms with Gasteiger partial charge < -0.3 is 19.7 Å². The first-order chi connectivity index (χ1) is 11.1. The number of benzene rings is 1. The van der Waals surface area contributed by atoms with Crippen molar-refractivity contribution in [1.82, 2.24) is 5.16 Å². The number of hydrogen-bond donors (Lipinski definition) is 2. The van der Waals surface area contributed by atoms with Gasteiger partial charge in [-0.25, -0.2) is 0 Å². The predicted octanol–water partition coefficient (Wildman–Crippen LogP) is 4.38. The van der Waals surface area contributed by atoms with Crippen molar-refractivity contribution in [3.63, 3.8) is 0 Å². The molecule has 1 aromatic carbocycles. The molecule has 0 bridgehead atoms. The van der Waals surface area contributed by atoms with Crippen LogP contribution in [0.4, 0.5) is 5.69 Å². The quantitative estimate of drug-likeness (QED) is 0.750. The van der Waals surface area contributed by atoms with Crippen molar-refractivity contribution >= 4 is 28.9 Å². The Balaban J connectivity index is 0.00000127. The number of hydrogen-bond acceptors (Lipinski definition) is 5. The average Bonchev–Trinajstić information content (AvgIpc) is 3.00. The fraction of sp³-hybridized carbons (Fsp3) is 0.312. The van der Waals surface area contributed by atoms with Crippen molar-refractivity contribution in [2.45, 2.75) is 20.5 Å². The standard InChI is InChI=1S/C15H16Cl2N2O2.CH4O/c1-3-11(8-16)18-12-4-5-14(17)15(7-12)20-9-13-6-10(2)19-21-13;1-2/h3-7,18H,8-9H2,1-2H3;2H,1H3/b11-3-;. The fourth-order valence-corrected chi connectivity index (χ4v) is 2.09. The Hall–Kier alpha value is -1.69. The van der Waals surface area contributed by atoms with Crippen molar-refractivity contribution in [1.29, 1.82) is 0 Å². The highest BCUT2D eigenvalue weighted by atomic mass is 35.5. The van der Waals surface area contributed by atoms with E-state index in [-0.39, 0.29) is 6.61 Å². The minimum atomic E-state index is 0.274. The van der Waals surface area contributed by atoms with Crippen molar-refractivity contribution in [3.05, 3.63) is 52.5 Å². The molecule has 1 aromatic heterocycles. The maximum absolute atomic E-state index is 7.00. The number of allylic oxidation sites excluding steroid dienone is 2. The summed E-state index contributed by atoms with van der Waals surface area (Å²) in [5.41, 5.74) is 2.59. The van der Waals surface area contributed by atoms with E-state index in [1.165, 1.54) is 0 Å². The molecule has 0 atom stereocenters. The molecular formula is C16H20Cl2N2O3. The zero-order chi connectivity index (χ0) is 17.2. The summed E-state index contributed by atoms with van der Waals surface area (Å²) in [7, 11) is 1.00. The van der Waals surface area contributed by atoms with Gasteiger partial charge >= 0.3 is 0 Å². The van der Waals surface area contributed by atoms with E-state index in [1.54, 1.807) is 6.07 Å². The lowest BCUT2D eigenvalue weighted by molar-refractivity contribution is 0.249. The maximum Gasteiger partial charge on any atom is 0.174 e. The van der Waals surface area contributed by atoms with E-state index in [1.807, 2.05) is 38.1 Å². The van der Waals surface area contributed by atoms with Crippen molar-refractivity contribution in [2.75, 3.05) is 18.3 Å². The minimum absolute atomic E-state index is 0.274. The van der Waals surface area contributed by atoms with Gasteiger partial charge in [-0.2, -0.15) is 0 Å². The van der Waals surface area contributed by atoms with E-state index in [2.05, 4.69) is 10.5 Å². The van der Waals surface area contributed by atoms with Crippen LogP contribution in [0.2, 0.25) is 5.02 Å². The molecular weight excluding hydrogens is 339 g/mol. The number of aromatic nitrogens is 1. The van der Waals surface area contributed by atoms with E-state index in [4.69, 9.17) is 37.6 Å². The normalized spacial score (nSPS) is 10.8. The third-order valence-corrected chi connectivity index (χ3v) is 3.38. The molecule has 2 aromatic rings. The minimum Gasteiger partial charge on any atom is -0.484 e. The Morgan fingerprint density at radius 1 is 1.39 bits per heavy atom. The Bertz CT molecular complexity index is 642. The van der Waals surface area contributed by atoms with Crippen molar-refractivity contribution in [3.8, 4) is 5.75 Å². The van der Waals surface area contributed by atoms with Gasteiger partial charge in [0.2, 0.25) is 0 Å². The molecule has 0 saturated heterocycles. The molecule has 1 heterocycles. The predicted molar refractivity (Wildman–Crippen MR) is 93.3 cm³/mol. The molecule has 0 aliphatic heterocycles. The Labute approximate surface area is 145 Å². The van der Waals surface area contributed by atoms with Gasteiger partial charge in [-0.15, -0.1) is 11.6 Å². The number of ether oxygens (including phenoxy) is 1. The molecule has 0 spiro atoms. The summed E-state index contributed by atoms with van der Waals surface area (Å²) in [5.74, 6) is 1.63. The monoisotopic (exact) mass is 358 g/mol. The second-order valence-electron chi connectivity index (χ2n) is 4.44. The molecule has 0 saturated carbocycles. The number of rotatable bonds is 6. The number of alkyl halides is 1. The van der Waals surface area contributed by atoms with Crippen LogP contribution < -0.4 is 10.1 Å². The molecule has 5 nitrogen and oxygen atoms in total.